The SMILES string of the molecule is [CH3][Sn]1([CH3])[CH2]S[CH2][Sn]([CH3])([CH3])[CH2][Se][CH2]1. The molecule has 0 nitrogen and oxygen atoms in total. The molecule has 0 aromatic rings. The van der Waals surface area contributed by atoms with Gasteiger partial charge >= 0.3 is 97.4 Å². The van der Waals surface area contributed by atoms with Gasteiger partial charge in [0.05, 0.1) is 0 Å². The van der Waals surface area contributed by atoms with E-state index < -0.39 is 36.8 Å². The molecule has 12 heavy (non-hydrogen) atoms. The number of hydrogen-bond acceptors (Lipinski definition) is 1. The van der Waals surface area contributed by atoms with E-state index in [4.69, 9.17) is 0 Å². The molecule has 1 saturated heterocycles. The molecule has 72 valence electrons. The normalized spacial score (nSPS) is 29.0. The molecular weight excluding hydrogens is 445 g/mol. The second-order valence-electron chi connectivity index (χ2n) is 5.31. The fourth-order valence-corrected chi connectivity index (χ4v) is 57.9. The number of thioether (sulfide) groups is 1. The van der Waals surface area contributed by atoms with E-state index in [1.165, 1.54) is 0 Å². The van der Waals surface area contributed by atoms with Crippen LogP contribution in [0.15, 0.2) is 0 Å². The zero-order valence-electron chi connectivity index (χ0n) is 8.64. The quantitative estimate of drug-likeness (QED) is 0.497. The van der Waals surface area contributed by atoms with Gasteiger partial charge in [0, 0.05) is 0 Å². The van der Waals surface area contributed by atoms with E-state index >= 15 is 0 Å². The molecule has 0 amide bonds. The maximum atomic E-state index is 2.65. The maximum absolute atomic E-state index is 2.65. The molecule has 0 aliphatic carbocycles. The first-order chi connectivity index (χ1) is 5.41. The third-order valence-electron chi connectivity index (χ3n) is 1.97. The minimum atomic E-state index is -1.41. The Bertz CT molecular complexity index is 129. The van der Waals surface area contributed by atoms with Crippen molar-refractivity contribution in [2.75, 3.05) is 7.54 Å². The second kappa shape index (κ2) is 5.00. The average molecular weight is 465 g/mol. The van der Waals surface area contributed by atoms with E-state index in [0.29, 0.717) is 0 Å². The van der Waals surface area contributed by atoms with Gasteiger partial charge in [-0.25, -0.2) is 0 Å². The molecule has 0 radical (unpaired) electrons. The monoisotopic (exact) mass is 468 g/mol. The molecule has 0 aromatic carbocycles. The summed E-state index contributed by atoms with van der Waals surface area (Å²) in [6, 6.07) is 0. The topological polar surface area (TPSA) is 0 Å². The Morgan fingerprint density at radius 2 is 1.33 bits per heavy atom. The van der Waals surface area contributed by atoms with Gasteiger partial charge in [0.25, 0.3) is 0 Å². The van der Waals surface area contributed by atoms with Crippen molar-refractivity contribution in [2.24, 2.45) is 0 Å². The van der Waals surface area contributed by atoms with Gasteiger partial charge in [0.1, 0.15) is 0 Å². The molecule has 0 bridgehead atoms. The van der Waals surface area contributed by atoms with Gasteiger partial charge in [-0.3, -0.25) is 0 Å². The predicted molar refractivity (Wildman–Crippen MR) is 67.7 cm³/mol. The molecule has 1 rings (SSSR count). The molecule has 0 atom stereocenters. The molecule has 1 heterocycles. The van der Waals surface area contributed by atoms with E-state index in [2.05, 4.69) is 31.5 Å². The summed E-state index contributed by atoms with van der Waals surface area (Å²) in [6.45, 7) is 0. The number of rotatable bonds is 0. The Balaban J connectivity index is 2.45. The summed E-state index contributed by atoms with van der Waals surface area (Å²) in [5, 5.41) is 0. The van der Waals surface area contributed by atoms with Crippen molar-refractivity contribution in [3.63, 3.8) is 0 Å². The molecule has 1 aliphatic rings. The second-order valence-corrected chi connectivity index (χ2v) is 46.6. The molecule has 1 fully saturated rings. The van der Waals surface area contributed by atoms with Crippen molar-refractivity contribution in [3.05, 3.63) is 0 Å². The predicted octanol–water partition coefficient (Wildman–Crippen LogP) is 2.85. The van der Waals surface area contributed by atoms with Gasteiger partial charge in [-0.15, -0.1) is 0 Å². The summed E-state index contributed by atoms with van der Waals surface area (Å²) < 4.78 is 6.71. The molecule has 0 spiro atoms. The van der Waals surface area contributed by atoms with Crippen LogP contribution < -0.4 is 0 Å². The molecule has 4 heteroatoms. The van der Waals surface area contributed by atoms with E-state index in [1.807, 2.05) is 0 Å². The van der Waals surface area contributed by atoms with Crippen LogP contribution in [-0.2, 0) is 0 Å². The average Bonchev–Trinajstić information content (AvgIpc) is 1.82. The summed E-state index contributed by atoms with van der Waals surface area (Å²) in [5.74, 6) is 0. The van der Waals surface area contributed by atoms with Crippen molar-refractivity contribution >= 4 is 63.5 Å². The van der Waals surface area contributed by atoms with Gasteiger partial charge in [0.2, 0.25) is 0 Å². The zero-order chi connectivity index (χ0) is 9.24. The molecule has 0 unspecified atom stereocenters. The molecular formula is C8H20SSeSn2. The van der Waals surface area contributed by atoms with Crippen molar-refractivity contribution in [3.8, 4) is 0 Å². The Morgan fingerprint density at radius 1 is 0.917 bits per heavy atom. The van der Waals surface area contributed by atoms with Gasteiger partial charge in [-0.05, 0) is 0 Å². The molecule has 0 N–H and O–H groups in total. The van der Waals surface area contributed by atoms with Crippen LogP contribution in [0.25, 0.3) is 0 Å². The van der Waals surface area contributed by atoms with Crippen molar-refractivity contribution in [1.82, 2.24) is 0 Å². The molecule has 0 saturated carbocycles. The third-order valence-corrected chi connectivity index (χ3v) is 54.2. The van der Waals surface area contributed by atoms with E-state index in [1.54, 1.807) is 14.2 Å². The van der Waals surface area contributed by atoms with Crippen LogP contribution in [0.5, 0.6) is 0 Å². The van der Waals surface area contributed by atoms with Gasteiger partial charge in [-0.2, -0.15) is 0 Å². The fraction of sp³-hybridized carbons (Fsp3) is 1.00. The van der Waals surface area contributed by atoms with Crippen LogP contribution in [0.2, 0.25) is 26.4 Å². The van der Waals surface area contributed by atoms with Crippen molar-refractivity contribution in [2.45, 2.75) is 26.4 Å². The number of hydrogen-bond donors (Lipinski definition) is 0. The zero-order valence-corrected chi connectivity index (χ0v) is 16.9. The first-order valence-electron chi connectivity index (χ1n) is 4.57. The van der Waals surface area contributed by atoms with Crippen LogP contribution in [0, 0.1) is 0 Å². The summed E-state index contributed by atoms with van der Waals surface area (Å²) in [4.78, 5) is 10.6. The standard InChI is InChI=1S/C2H4S.C2H4Se.4CH3.2Sn/c2*1-3-2;;;;;;/h2*1-2H2;4*1H3;;. The summed E-state index contributed by atoms with van der Waals surface area (Å²) in [5.41, 5.74) is 0. The molecule has 0 aromatic heterocycles. The van der Waals surface area contributed by atoms with Gasteiger partial charge in [-0.1, -0.05) is 0 Å². The van der Waals surface area contributed by atoms with Crippen LogP contribution in [-0.4, -0.2) is 59.2 Å². The Morgan fingerprint density at radius 3 is 1.75 bits per heavy atom. The van der Waals surface area contributed by atoms with Crippen LogP contribution in [0.1, 0.15) is 0 Å². The fourth-order valence-electron chi connectivity index (χ4n) is 1.29. The minimum absolute atomic E-state index is 1.07. The van der Waals surface area contributed by atoms with Crippen LogP contribution in [0.4, 0.5) is 0 Å². The summed E-state index contributed by atoms with van der Waals surface area (Å²) in [7, 11) is 0. The Hall–Kier alpha value is 2.47. The first-order valence-corrected chi connectivity index (χ1v) is 27.6. The van der Waals surface area contributed by atoms with Crippen LogP contribution >= 0.6 is 11.8 Å². The van der Waals surface area contributed by atoms with E-state index in [0.717, 1.165) is 15.0 Å². The Kier molecular flexibility index (Phi) is 5.22. The summed E-state index contributed by atoms with van der Waals surface area (Å²) in [6.07, 6.45) is 0. The van der Waals surface area contributed by atoms with Gasteiger partial charge in [0.15, 0.2) is 0 Å². The van der Waals surface area contributed by atoms with E-state index in [-0.39, 0.29) is 0 Å². The molecule has 1 aliphatic heterocycles. The van der Waals surface area contributed by atoms with E-state index in [9.17, 15) is 0 Å². The first kappa shape index (κ1) is 12.5. The third kappa shape index (κ3) is 4.81. The van der Waals surface area contributed by atoms with Crippen molar-refractivity contribution in [1.29, 1.82) is 0 Å². The van der Waals surface area contributed by atoms with Crippen LogP contribution in [0.3, 0.4) is 0 Å². The van der Waals surface area contributed by atoms with Crippen molar-refractivity contribution < 1.29 is 0 Å². The van der Waals surface area contributed by atoms with Gasteiger partial charge < -0.3 is 0 Å². The Labute approximate surface area is 95.9 Å². The summed E-state index contributed by atoms with van der Waals surface area (Å²) >= 11 is 0.597.